The van der Waals surface area contributed by atoms with Gasteiger partial charge in [-0.1, -0.05) is 39.7 Å². The van der Waals surface area contributed by atoms with Gasteiger partial charge in [-0.05, 0) is 37.3 Å². The molecule has 0 aliphatic heterocycles. The monoisotopic (exact) mass is 542 g/mol. The molecule has 0 saturated carbocycles. The largest absolute Gasteiger partial charge is 0.495 e. The van der Waals surface area contributed by atoms with Gasteiger partial charge in [-0.2, -0.15) is 18.2 Å². The van der Waals surface area contributed by atoms with E-state index in [1.807, 2.05) is 0 Å². The molecule has 0 spiro atoms. The predicted molar refractivity (Wildman–Crippen MR) is 119 cm³/mol. The van der Waals surface area contributed by atoms with Crippen molar-refractivity contribution in [2.75, 3.05) is 13.7 Å². The van der Waals surface area contributed by atoms with Crippen LogP contribution in [-0.4, -0.2) is 37.9 Å². The molecule has 0 atom stereocenters. The Labute approximate surface area is 196 Å². The molecule has 0 radical (unpaired) electrons. The lowest BCUT2D eigenvalue weighted by molar-refractivity contribution is 0.0515. The van der Waals surface area contributed by atoms with Crippen LogP contribution in [0.4, 0.5) is 0 Å². The molecule has 0 fully saturated rings. The number of hydrogen-bond donors (Lipinski definition) is 0. The standard InChI is InChI=1S/C20H16BrClN2O7S/c1-3-30-20(26)19-16(11-18(25)24(23-19)14-7-5-4-6-13(14)22)31-32(27,28)17-10-12(21)8-9-15(17)29-2/h4-11H,3H2,1-2H3. The van der Waals surface area contributed by atoms with Gasteiger partial charge >= 0.3 is 16.1 Å². The maximum Gasteiger partial charge on any atom is 0.362 e. The first-order valence-corrected chi connectivity index (χ1v) is 11.6. The Balaban J connectivity index is 2.17. The Hall–Kier alpha value is -2.89. The first-order valence-electron chi connectivity index (χ1n) is 9.02. The van der Waals surface area contributed by atoms with Gasteiger partial charge in [0.15, 0.2) is 5.75 Å². The summed E-state index contributed by atoms with van der Waals surface area (Å²) in [4.78, 5) is 24.9. The van der Waals surface area contributed by atoms with Gasteiger partial charge in [0.1, 0.15) is 10.6 Å². The summed E-state index contributed by atoms with van der Waals surface area (Å²) in [5, 5.41) is 4.17. The molecule has 2 aromatic carbocycles. The maximum atomic E-state index is 13.0. The van der Waals surface area contributed by atoms with Gasteiger partial charge < -0.3 is 13.7 Å². The number of methoxy groups -OCH3 is 1. The van der Waals surface area contributed by atoms with Crippen molar-refractivity contribution in [3.63, 3.8) is 0 Å². The van der Waals surface area contributed by atoms with E-state index in [0.717, 1.165) is 10.7 Å². The number of carbonyl (C=O) groups excluding carboxylic acids is 1. The van der Waals surface area contributed by atoms with Crippen LogP contribution < -0.4 is 14.5 Å². The van der Waals surface area contributed by atoms with Crippen LogP contribution in [0.3, 0.4) is 0 Å². The Morgan fingerprint density at radius 3 is 2.53 bits per heavy atom. The molecule has 0 aliphatic rings. The molecule has 0 aliphatic carbocycles. The van der Waals surface area contributed by atoms with Gasteiger partial charge in [0.25, 0.3) is 5.56 Å². The molecule has 3 rings (SSSR count). The third-order valence-electron chi connectivity index (χ3n) is 4.04. The highest BCUT2D eigenvalue weighted by molar-refractivity contribution is 9.10. The van der Waals surface area contributed by atoms with Gasteiger partial charge in [-0.3, -0.25) is 4.79 Å². The van der Waals surface area contributed by atoms with Crippen LogP contribution in [0.2, 0.25) is 5.02 Å². The number of aromatic nitrogens is 2. The molecular formula is C20H16BrClN2O7S. The second-order valence-electron chi connectivity index (χ2n) is 6.11. The molecule has 0 N–H and O–H groups in total. The number of carbonyl (C=O) groups is 1. The first kappa shape index (κ1) is 23.8. The molecule has 3 aromatic rings. The Kier molecular flexibility index (Phi) is 7.22. The number of para-hydroxylation sites is 1. The highest BCUT2D eigenvalue weighted by atomic mass is 79.9. The second kappa shape index (κ2) is 9.72. The third kappa shape index (κ3) is 4.95. The minimum atomic E-state index is -4.53. The highest BCUT2D eigenvalue weighted by Gasteiger charge is 2.28. The Morgan fingerprint density at radius 1 is 1.16 bits per heavy atom. The topological polar surface area (TPSA) is 114 Å². The summed E-state index contributed by atoms with van der Waals surface area (Å²) in [5.74, 6) is -1.58. The SMILES string of the molecule is CCOC(=O)c1nn(-c2ccccc2Cl)c(=O)cc1OS(=O)(=O)c1cc(Br)ccc1OC. The van der Waals surface area contributed by atoms with Gasteiger partial charge in [0, 0.05) is 4.47 Å². The van der Waals surface area contributed by atoms with Crippen LogP contribution in [0, 0.1) is 0 Å². The van der Waals surface area contributed by atoms with E-state index in [2.05, 4.69) is 21.0 Å². The lowest BCUT2D eigenvalue weighted by Gasteiger charge is -2.14. The molecule has 1 aromatic heterocycles. The van der Waals surface area contributed by atoms with Crippen molar-refractivity contribution in [3.8, 4) is 17.2 Å². The van der Waals surface area contributed by atoms with Crippen molar-refractivity contribution < 1.29 is 26.9 Å². The number of benzene rings is 2. The number of esters is 1. The molecule has 1 heterocycles. The fourth-order valence-corrected chi connectivity index (χ4v) is 4.50. The van der Waals surface area contributed by atoms with E-state index in [1.165, 1.54) is 31.4 Å². The van der Waals surface area contributed by atoms with Crippen LogP contribution in [0.1, 0.15) is 17.4 Å². The molecule has 0 saturated heterocycles. The number of rotatable bonds is 7. The molecular weight excluding hydrogens is 528 g/mol. The van der Waals surface area contributed by atoms with Gasteiger partial charge in [-0.15, -0.1) is 0 Å². The summed E-state index contributed by atoms with van der Waals surface area (Å²) in [7, 11) is -3.24. The fraction of sp³-hybridized carbons (Fsp3) is 0.150. The summed E-state index contributed by atoms with van der Waals surface area (Å²) < 4.78 is 42.4. The van der Waals surface area contributed by atoms with Crippen LogP contribution >= 0.6 is 27.5 Å². The average molecular weight is 544 g/mol. The minimum absolute atomic E-state index is 0.00301. The zero-order valence-corrected chi connectivity index (χ0v) is 19.9. The molecule has 12 heteroatoms. The second-order valence-corrected chi connectivity index (χ2v) is 8.95. The van der Waals surface area contributed by atoms with Crippen LogP contribution in [0.15, 0.2) is 62.7 Å². The number of ether oxygens (including phenoxy) is 2. The Morgan fingerprint density at radius 2 is 1.88 bits per heavy atom. The number of hydrogen-bond acceptors (Lipinski definition) is 8. The molecule has 168 valence electrons. The van der Waals surface area contributed by atoms with Crippen molar-refractivity contribution in [2.45, 2.75) is 11.8 Å². The van der Waals surface area contributed by atoms with Crippen LogP contribution in [0.5, 0.6) is 11.5 Å². The van der Waals surface area contributed by atoms with E-state index in [0.29, 0.717) is 4.47 Å². The number of halogens is 2. The molecule has 9 nitrogen and oxygen atoms in total. The van der Waals surface area contributed by atoms with Crippen molar-refractivity contribution in [1.29, 1.82) is 0 Å². The van der Waals surface area contributed by atoms with E-state index in [9.17, 15) is 18.0 Å². The summed E-state index contributed by atoms with van der Waals surface area (Å²) >= 11 is 9.32. The lowest BCUT2D eigenvalue weighted by atomic mass is 10.3. The van der Waals surface area contributed by atoms with E-state index in [1.54, 1.807) is 25.1 Å². The van der Waals surface area contributed by atoms with E-state index >= 15 is 0 Å². The van der Waals surface area contributed by atoms with E-state index in [4.69, 9.17) is 25.3 Å². The molecule has 0 bridgehead atoms. The van der Waals surface area contributed by atoms with Crippen molar-refractivity contribution in [2.24, 2.45) is 0 Å². The normalized spacial score (nSPS) is 11.1. The zero-order chi connectivity index (χ0) is 23.5. The Bertz CT molecular complexity index is 1340. The summed E-state index contributed by atoms with van der Waals surface area (Å²) in [6, 6.07) is 11.4. The van der Waals surface area contributed by atoms with Crippen LogP contribution in [0.25, 0.3) is 5.69 Å². The first-order chi connectivity index (χ1) is 15.2. The van der Waals surface area contributed by atoms with Crippen molar-refractivity contribution in [1.82, 2.24) is 9.78 Å². The van der Waals surface area contributed by atoms with Gasteiger partial charge in [0.05, 0.1) is 30.5 Å². The summed E-state index contributed by atoms with van der Waals surface area (Å²) in [6.45, 7) is 1.54. The smallest absolute Gasteiger partial charge is 0.362 e. The molecule has 0 unspecified atom stereocenters. The van der Waals surface area contributed by atoms with Crippen molar-refractivity contribution >= 4 is 43.6 Å². The molecule has 32 heavy (non-hydrogen) atoms. The zero-order valence-electron chi connectivity index (χ0n) is 16.7. The summed E-state index contributed by atoms with van der Waals surface area (Å²) in [6.07, 6.45) is 0. The average Bonchev–Trinajstić information content (AvgIpc) is 2.74. The van der Waals surface area contributed by atoms with Gasteiger partial charge in [-0.25, -0.2) is 4.79 Å². The quantitative estimate of drug-likeness (QED) is 0.328. The molecule has 0 amide bonds. The summed E-state index contributed by atoms with van der Waals surface area (Å²) in [5.41, 5.74) is -1.12. The van der Waals surface area contributed by atoms with Crippen molar-refractivity contribution in [3.05, 3.63) is 74.1 Å². The lowest BCUT2D eigenvalue weighted by Crippen LogP contribution is -2.26. The maximum absolute atomic E-state index is 13.0. The predicted octanol–water partition coefficient (Wildman–Crippen LogP) is 3.60. The fourth-order valence-electron chi connectivity index (χ4n) is 2.65. The highest BCUT2D eigenvalue weighted by Crippen LogP contribution is 2.30. The van der Waals surface area contributed by atoms with Gasteiger partial charge in [0.2, 0.25) is 5.69 Å². The van der Waals surface area contributed by atoms with Crippen LogP contribution in [-0.2, 0) is 14.9 Å². The third-order valence-corrected chi connectivity index (χ3v) is 6.11. The van der Waals surface area contributed by atoms with E-state index < -0.39 is 33.1 Å². The minimum Gasteiger partial charge on any atom is -0.495 e. The van der Waals surface area contributed by atoms with E-state index in [-0.39, 0.29) is 28.0 Å². The number of nitrogens with zero attached hydrogens (tertiary/aromatic N) is 2.